The Kier molecular flexibility index (Phi) is 4.65. The van der Waals surface area contributed by atoms with Gasteiger partial charge in [-0.1, -0.05) is 0 Å². The molecule has 5 nitrogen and oxygen atoms in total. The van der Waals surface area contributed by atoms with Crippen molar-refractivity contribution in [2.45, 2.75) is 28.2 Å². The maximum Gasteiger partial charge on any atom is 0.325 e. The van der Waals surface area contributed by atoms with Crippen molar-refractivity contribution in [3.05, 3.63) is 24.3 Å². The third-order valence-electron chi connectivity index (χ3n) is 3.82. The van der Waals surface area contributed by atoms with E-state index in [9.17, 15) is 18.3 Å². The zero-order valence-corrected chi connectivity index (χ0v) is 13.6. The minimum absolute atomic E-state index is 0.169. The minimum Gasteiger partial charge on any atom is -0.480 e. The van der Waals surface area contributed by atoms with E-state index in [1.807, 2.05) is 0 Å². The van der Waals surface area contributed by atoms with E-state index in [0.29, 0.717) is 5.75 Å². The third-order valence-corrected chi connectivity index (χ3v) is 6.15. The van der Waals surface area contributed by atoms with Crippen molar-refractivity contribution in [1.82, 2.24) is 5.32 Å². The largest absolute Gasteiger partial charge is 0.480 e. The normalized spacial score (nSPS) is 18.2. The lowest BCUT2D eigenvalue weighted by Gasteiger charge is -2.28. The summed E-state index contributed by atoms with van der Waals surface area (Å²) >= 11 is 1.43. The second kappa shape index (κ2) is 5.98. The maximum absolute atomic E-state index is 11.6. The molecule has 1 aromatic rings. The van der Waals surface area contributed by atoms with Crippen LogP contribution in [0.3, 0.4) is 0 Å². The zero-order chi connectivity index (χ0) is 15.7. The summed E-state index contributed by atoms with van der Waals surface area (Å²) in [7, 11) is -1.52. The molecule has 1 aromatic carbocycles. The van der Waals surface area contributed by atoms with Crippen molar-refractivity contribution in [1.29, 1.82) is 0 Å². The Hall–Kier alpha value is -1.05. The first-order valence-corrected chi connectivity index (χ1v) is 9.52. The molecule has 0 spiro atoms. The van der Waals surface area contributed by atoms with Gasteiger partial charge < -0.3 is 10.4 Å². The number of carboxylic acids is 1. The first-order valence-electron chi connectivity index (χ1n) is 6.65. The summed E-state index contributed by atoms with van der Waals surface area (Å²) < 4.78 is 22.8. The lowest BCUT2D eigenvalue weighted by Crippen LogP contribution is -2.54. The van der Waals surface area contributed by atoms with E-state index in [-0.39, 0.29) is 10.8 Å². The summed E-state index contributed by atoms with van der Waals surface area (Å²) in [6, 6.07) is 6.54. The van der Waals surface area contributed by atoms with Gasteiger partial charge in [0.05, 0.1) is 4.90 Å². The maximum atomic E-state index is 11.6. The number of likely N-dealkylation sites (N-methyl/N-ethyl adjacent to an activating group) is 1. The fourth-order valence-electron chi connectivity index (χ4n) is 2.29. The summed E-state index contributed by atoms with van der Waals surface area (Å²) in [4.78, 5) is 12.7. The molecular weight excluding hydrogens is 310 g/mol. The highest BCUT2D eigenvalue weighted by atomic mass is 32.2. The fourth-order valence-corrected chi connectivity index (χ4v) is 4.15. The molecule has 21 heavy (non-hydrogen) atoms. The van der Waals surface area contributed by atoms with Crippen LogP contribution >= 0.6 is 11.8 Å². The average Bonchev–Trinajstić information content (AvgIpc) is 3.24. The number of sulfone groups is 1. The molecule has 1 atom stereocenters. The predicted molar refractivity (Wildman–Crippen MR) is 82.4 cm³/mol. The molecule has 1 aliphatic carbocycles. The van der Waals surface area contributed by atoms with Crippen molar-refractivity contribution in [2.24, 2.45) is 5.92 Å². The van der Waals surface area contributed by atoms with Crippen LogP contribution in [-0.4, -0.2) is 44.1 Å². The molecule has 2 rings (SSSR count). The number of thioether (sulfide) groups is 1. The Morgan fingerprint density at radius 3 is 2.33 bits per heavy atom. The van der Waals surface area contributed by atoms with Gasteiger partial charge in [0.1, 0.15) is 5.54 Å². The van der Waals surface area contributed by atoms with E-state index >= 15 is 0 Å². The Morgan fingerprint density at radius 1 is 1.38 bits per heavy atom. The number of rotatable bonds is 7. The molecule has 0 saturated heterocycles. The number of nitrogens with one attached hydrogen (secondary N) is 1. The first kappa shape index (κ1) is 16.3. The summed E-state index contributed by atoms with van der Waals surface area (Å²) in [5, 5.41) is 12.5. The van der Waals surface area contributed by atoms with E-state index in [4.69, 9.17) is 0 Å². The van der Waals surface area contributed by atoms with Gasteiger partial charge in [0.25, 0.3) is 0 Å². The Morgan fingerprint density at radius 2 is 1.95 bits per heavy atom. The van der Waals surface area contributed by atoms with Crippen molar-refractivity contribution < 1.29 is 18.3 Å². The van der Waals surface area contributed by atoms with Gasteiger partial charge >= 0.3 is 5.97 Å². The second-order valence-electron chi connectivity index (χ2n) is 5.33. The van der Waals surface area contributed by atoms with Crippen LogP contribution in [0.4, 0.5) is 0 Å². The van der Waals surface area contributed by atoms with Gasteiger partial charge in [0.2, 0.25) is 0 Å². The number of benzene rings is 1. The van der Waals surface area contributed by atoms with Gasteiger partial charge in [-0.05, 0) is 50.1 Å². The van der Waals surface area contributed by atoms with Crippen LogP contribution in [0.15, 0.2) is 34.1 Å². The van der Waals surface area contributed by atoms with Crippen molar-refractivity contribution >= 4 is 27.6 Å². The first-order chi connectivity index (χ1) is 9.79. The van der Waals surface area contributed by atoms with Gasteiger partial charge in [-0.3, -0.25) is 4.79 Å². The average molecular weight is 329 g/mol. The Bertz CT molecular complexity index is 623. The molecule has 1 unspecified atom stereocenters. The molecule has 1 fully saturated rings. The molecule has 0 heterocycles. The second-order valence-corrected chi connectivity index (χ2v) is 8.40. The Balaban J connectivity index is 2.09. The van der Waals surface area contributed by atoms with Gasteiger partial charge in [-0.15, -0.1) is 11.8 Å². The van der Waals surface area contributed by atoms with Crippen LogP contribution in [0, 0.1) is 5.92 Å². The number of hydrogen-bond donors (Lipinski definition) is 2. The molecule has 7 heteroatoms. The summed E-state index contributed by atoms with van der Waals surface area (Å²) in [6.07, 6.45) is 3.03. The van der Waals surface area contributed by atoms with E-state index in [1.54, 1.807) is 31.3 Å². The number of carbonyl (C=O) groups is 1. The van der Waals surface area contributed by atoms with E-state index in [2.05, 4.69) is 5.32 Å². The van der Waals surface area contributed by atoms with Crippen LogP contribution in [0.2, 0.25) is 0 Å². The summed E-state index contributed by atoms with van der Waals surface area (Å²) in [5.74, 6) is -0.239. The number of aliphatic carboxylic acids is 1. The smallest absolute Gasteiger partial charge is 0.325 e. The lowest BCUT2D eigenvalue weighted by atomic mass is 9.96. The SMILES string of the molecule is CNC(CSc1ccc(S(C)(=O)=O)cc1)(C(=O)O)C1CC1. The predicted octanol–water partition coefficient (Wildman–Crippen LogP) is 1.64. The standard InChI is InChI=1S/C14H19NO4S2/c1-15-14(13(16)17,10-3-4-10)9-20-11-5-7-12(8-6-11)21(2,18)19/h5-8,10,15H,3-4,9H2,1-2H3,(H,16,17). The molecule has 0 radical (unpaired) electrons. The van der Waals surface area contributed by atoms with E-state index in [1.165, 1.54) is 18.0 Å². The lowest BCUT2D eigenvalue weighted by molar-refractivity contribution is -0.144. The molecule has 2 N–H and O–H groups in total. The summed E-state index contributed by atoms with van der Waals surface area (Å²) in [5.41, 5.74) is -0.903. The van der Waals surface area contributed by atoms with Crippen molar-refractivity contribution in [2.75, 3.05) is 19.1 Å². The minimum atomic E-state index is -3.20. The Labute approximate surface area is 129 Å². The van der Waals surface area contributed by atoms with Crippen LogP contribution < -0.4 is 5.32 Å². The fraction of sp³-hybridized carbons (Fsp3) is 0.500. The van der Waals surface area contributed by atoms with Crippen molar-refractivity contribution in [3.63, 3.8) is 0 Å². The van der Waals surface area contributed by atoms with E-state index < -0.39 is 21.3 Å². The highest BCUT2D eigenvalue weighted by Gasteiger charge is 2.50. The van der Waals surface area contributed by atoms with Gasteiger partial charge in [-0.25, -0.2) is 8.42 Å². The van der Waals surface area contributed by atoms with Gasteiger partial charge in [-0.2, -0.15) is 0 Å². The highest BCUT2D eigenvalue weighted by molar-refractivity contribution is 7.99. The molecular formula is C14H19NO4S2. The van der Waals surface area contributed by atoms with Crippen LogP contribution in [0.25, 0.3) is 0 Å². The molecule has 0 amide bonds. The molecule has 0 aromatic heterocycles. The zero-order valence-electron chi connectivity index (χ0n) is 12.0. The number of carboxylic acid groups (broad SMARTS) is 1. The number of hydrogen-bond acceptors (Lipinski definition) is 5. The van der Waals surface area contributed by atoms with E-state index in [0.717, 1.165) is 17.7 Å². The molecule has 116 valence electrons. The molecule has 0 bridgehead atoms. The quantitative estimate of drug-likeness (QED) is 0.740. The summed E-state index contributed by atoms with van der Waals surface area (Å²) in [6.45, 7) is 0. The van der Waals surface area contributed by atoms with Gasteiger partial charge in [0, 0.05) is 16.9 Å². The topological polar surface area (TPSA) is 83.5 Å². The van der Waals surface area contributed by atoms with Crippen molar-refractivity contribution in [3.8, 4) is 0 Å². The molecule has 1 aliphatic rings. The third kappa shape index (κ3) is 3.59. The van der Waals surface area contributed by atoms with Crippen LogP contribution in [-0.2, 0) is 14.6 Å². The molecule has 0 aliphatic heterocycles. The molecule has 1 saturated carbocycles. The monoisotopic (exact) mass is 329 g/mol. The van der Waals surface area contributed by atoms with Crippen LogP contribution in [0.5, 0.6) is 0 Å². The highest BCUT2D eigenvalue weighted by Crippen LogP contribution is 2.42. The van der Waals surface area contributed by atoms with Crippen LogP contribution in [0.1, 0.15) is 12.8 Å². The van der Waals surface area contributed by atoms with Gasteiger partial charge in [0.15, 0.2) is 9.84 Å².